The lowest BCUT2D eigenvalue weighted by atomic mass is 9.98. The van der Waals surface area contributed by atoms with E-state index in [1.165, 1.54) is 0 Å². The molecule has 4 nitrogen and oxygen atoms in total. The highest BCUT2D eigenvalue weighted by molar-refractivity contribution is 6.30. The molecular weight excluding hydrogens is 286 g/mol. The van der Waals surface area contributed by atoms with Gasteiger partial charge in [-0.15, -0.1) is 0 Å². The van der Waals surface area contributed by atoms with Crippen LogP contribution in [0.2, 0.25) is 5.02 Å². The van der Waals surface area contributed by atoms with E-state index in [0.717, 1.165) is 34.8 Å². The van der Waals surface area contributed by atoms with Crippen LogP contribution in [0.4, 0.5) is 0 Å². The molecule has 1 unspecified atom stereocenters. The third-order valence-electron chi connectivity index (χ3n) is 3.30. The quantitative estimate of drug-likeness (QED) is 0.887. The molecule has 1 heterocycles. The first kappa shape index (κ1) is 15.7. The molecule has 1 atom stereocenters. The highest BCUT2D eigenvalue weighted by Gasteiger charge is 2.21. The van der Waals surface area contributed by atoms with Crippen LogP contribution in [0.3, 0.4) is 0 Å². The first-order valence-corrected chi connectivity index (χ1v) is 7.39. The minimum atomic E-state index is -0.0640. The number of nitrogens with one attached hydrogen (secondary N) is 1. The Hall–Kier alpha value is -1.65. The second kappa shape index (κ2) is 7.38. The minimum absolute atomic E-state index is 0.0640. The maximum Gasteiger partial charge on any atom is 0.237 e. The van der Waals surface area contributed by atoms with Gasteiger partial charge in [-0.2, -0.15) is 0 Å². The Kier molecular flexibility index (Phi) is 5.53. The van der Waals surface area contributed by atoms with Gasteiger partial charge in [0.25, 0.3) is 0 Å². The van der Waals surface area contributed by atoms with Crippen LogP contribution in [-0.4, -0.2) is 23.6 Å². The zero-order chi connectivity index (χ0) is 15.2. The fourth-order valence-electron chi connectivity index (χ4n) is 2.30. The van der Waals surface area contributed by atoms with Gasteiger partial charge in [-0.05, 0) is 43.1 Å². The smallest absolute Gasteiger partial charge is 0.237 e. The predicted octanol–water partition coefficient (Wildman–Crippen LogP) is 3.54. The van der Waals surface area contributed by atoms with Crippen LogP contribution in [-0.2, 0) is 0 Å². The number of benzene rings is 1. The minimum Gasteiger partial charge on any atom is -0.480 e. The van der Waals surface area contributed by atoms with Gasteiger partial charge in [-0.25, -0.2) is 4.98 Å². The van der Waals surface area contributed by atoms with Crippen molar-refractivity contribution >= 4 is 11.6 Å². The zero-order valence-electron chi connectivity index (χ0n) is 12.6. The second-order valence-corrected chi connectivity index (χ2v) is 5.28. The Morgan fingerprint density at radius 1 is 1.29 bits per heavy atom. The number of nitrogens with zero attached hydrogens (tertiary/aromatic N) is 2. The molecule has 0 aliphatic heterocycles. The summed E-state index contributed by atoms with van der Waals surface area (Å²) < 4.78 is 5.35. The van der Waals surface area contributed by atoms with E-state index in [4.69, 9.17) is 16.3 Å². The standard InChI is InChI=1S/C16H20ClN3O/c1-4-7-18-14(13-6-5-12(17)10-11(13)2)15-16(21-3)20-9-8-19-15/h5-6,8-10,14,18H,4,7H2,1-3H3. The lowest BCUT2D eigenvalue weighted by Gasteiger charge is -2.21. The van der Waals surface area contributed by atoms with E-state index >= 15 is 0 Å². The van der Waals surface area contributed by atoms with E-state index in [0.29, 0.717) is 5.88 Å². The molecule has 112 valence electrons. The Balaban J connectivity index is 2.47. The molecule has 0 spiro atoms. The van der Waals surface area contributed by atoms with E-state index in [9.17, 15) is 0 Å². The van der Waals surface area contributed by atoms with Crippen LogP contribution in [0.5, 0.6) is 5.88 Å². The van der Waals surface area contributed by atoms with E-state index in [1.807, 2.05) is 25.1 Å². The third kappa shape index (κ3) is 3.71. The van der Waals surface area contributed by atoms with Crippen LogP contribution in [0.1, 0.15) is 36.2 Å². The van der Waals surface area contributed by atoms with Crippen LogP contribution < -0.4 is 10.1 Å². The third-order valence-corrected chi connectivity index (χ3v) is 3.53. The van der Waals surface area contributed by atoms with E-state index in [1.54, 1.807) is 19.5 Å². The largest absolute Gasteiger partial charge is 0.480 e. The van der Waals surface area contributed by atoms with Crippen LogP contribution in [0.25, 0.3) is 0 Å². The van der Waals surface area contributed by atoms with Gasteiger partial charge < -0.3 is 10.1 Å². The first-order valence-electron chi connectivity index (χ1n) is 7.01. The summed E-state index contributed by atoms with van der Waals surface area (Å²) in [5.41, 5.74) is 3.04. The van der Waals surface area contributed by atoms with Crippen molar-refractivity contribution in [3.8, 4) is 5.88 Å². The van der Waals surface area contributed by atoms with E-state index in [-0.39, 0.29) is 6.04 Å². The van der Waals surface area contributed by atoms with Gasteiger partial charge in [-0.1, -0.05) is 24.6 Å². The summed E-state index contributed by atoms with van der Waals surface area (Å²) in [6.07, 6.45) is 4.35. The van der Waals surface area contributed by atoms with Crippen molar-refractivity contribution in [3.05, 3.63) is 52.4 Å². The SMILES string of the molecule is CCCNC(c1ccc(Cl)cc1C)c1nccnc1OC. The van der Waals surface area contributed by atoms with Gasteiger partial charge in [0.15, 0.2) is 0 Å². The molecule has 21 heavy (non-hydrogen) atoms. The number of rotatable bonds is 6. The van der Waals surface area contributed by atoms with Gasteiger partial charge in [-0.3, -0.25) is 4.98 Å². The number of hydrogen-bond donors (Lipinski definition) is 1. The molecule has 0 fully saturated rings. The molecule has 0 radical (unpaired) electrons. The first-order chi connectivity index (χ1) is 10.2. The molecule has 2 rings (SSSR count). The monoisotopic (exact) mass is 305 g/mol. The van der Waals surface area contributed by atoms with Crippen molar-refractivity contribution in [3.63, 3.8) is 0 Å². The summed E-state index contributed by atoms with van der Waals surface area (Å²) in [5.74, 6) is 0.542. The Morgan fingerprint density at radius 2 is 2.05 bits per heavy atom. The van der Waals surface area contributed by atoms with Crippen LogP contribution in [0, 0.1) is 6.92 Å². The average Bonchev–Trinajstić information content (AvgIpc) is 2.49. The maximum absolute atomic E-state index is 6.06. The summed E-state index contributed by atoms with van der Waals surface area (Å²) in [7, 11) is 1.61. The number of ether oxygens (including phenoxy) is 1. The highest BCUT2D eigenvalue weighted by atomic mass is 35.5. The highest BCUT2D eigenvalue weighted by Crippen LogP contribution is 2.29. The molecule has 0 bridgehead atoms. The van der Waals surface area contributed by atoms with Gasteiger partial charge in [0.2, 0.25) is 5.88 Å². The molecule has 1 aromatic heterocycles. The Labute approximate surface area is 130 Å². The fraction of sp³-hybridized carbons (Fsp3) is 0.375. The van der Waals surface area contributed by atoms with E-state index < -0.39 is 0 Å². The van der Waals surface area contributed by atoms with Gasteiger partial charge in [0.1, 0.15) is 5.69 Å². The molecule has 1 aromatic carbocycles. The molecule has 0 aliphatic carbocycles. The number of halogens is 1. The Bertz CT molecular complexity index is 604. The molecular formula is C16H20ClN3O. The zero-order valence-corrected chi connectivity index (χ0v) is 13.3. The van der Waals surface area contributed by atoms with Crippen LogP contribution in [0.15, 0.2) is 30.6 Å². The maximum atomic E-state index is 6.06. The molecule has 0 amide bonds. The number of aromatic nitrogens is 2. The second-order valence-electron chi connectivity index (χ2n) is 4.84. The van der Waals surface area contributed by atoms with Crippen molar-refractivity contribution in [2.45, 2.75) is 26.3 Å². The van der Waals surface area contributed by atoms with Crippen molar-refractivity contribution in [2.75, 3.05) is 13.7 Å². The summed E-state index contributed by atoms with van der Waals surface area (Å²) in [5, 5.41) is 4.24. The molecule has 0 aliphatic rings. The fourth-order valence-corrected chi connectivity index (χ4v) is 2.52. The van der Waals surface area contributed by atoms with Crippen LogP contribution >= 0.6 is 11.6 Å². The topological polar surface area (TPSA) is 47.0 Å². The van der Waals surface area contributed by atoms with Crippen molar-refractivity contribution in [2.24, 2.45) is 0 Å². The van der Waals surface area contributed by atoms with Crippen molar-refractivity contribution < 1.29 is 4.74 Å². The molecule has 0 saturated heterocycles. The van der Waals surface area contributed by atoms with Crippen molar-refractivity contribution in [1.29, 1.82) is 0 Å². The summed E-state index contributed by atoms with van der Waals surface area (Å²) in [6.45, 7) is 5.06. The van der Waals surface area contributed by atoms with Gasteiger partial charge >= 0.3 is 0 Å². The lowest BCUT2D eigenvalue weighted by molar-refractivity contribution is 0.382. The van der Waals surface area contributed by atoms with Gasteiger partial charge in [0.05, 0.1) is 13.2 Å². The van der Waals surface area contributed by atoms with Gasteiger partial charge in [0, 0.05) is 17.4 Å². The molecule has 5 heteroatoms. The molecule has 1 N–H and O–H groups in total. The summed E-state index contributed by atoms with van der Waals surface area (Å²) in [4.78, 5) is 8.71. The summed E-state index contributed by atoms with van der Waals surface area (Å²) in [6, 6.07) is 5.82. The average molecular weight is 306 g/mol. The van der Waals surface area contributed by atoms with E-state index in [2.05, 4.69) is 22.2 Å². The van der Waals surface area contributed by atoms with Crippen molar-refractivity contribution in [1.82, 2.24) is 15.3 Å². The number of methoxy groups -OCH3 is 1. The molecule has 0 saturated carbocycles. The molecule has 2 aromatic rings. The number of hydrogen-bond acceptors (Lipinski definition) is 4. The predicted molar refractivity (Wildman–Crippen MR) is 84.9 cm³/mol. The normalized spacial score (nSPS) is 12.2. The summed E-state index contributed by atoms with van der Waals surface area (Å²) >= 11 is 6.06. The number of aryl methyl sites for hydroxylation is 1. The Morgan fingerprint density at radius 3 is 2.71 bits per heavy atom. The lowest BCUT2D eigenvalue weighted by Crippen LogP contribution is -2.25.